The molecule has 1 amide bonds. The molecule has 3 rings (SSSR count). The first-order chi connectivity index (χ1) is 11.7. The van der Waals surface area contributed by atoms with Gasteiger partial charge < -0.3 is 20.1 Å². The summed E-state index contributed by atoms with van der Waals surface area (Å²) in [6.07, 6.45) is 2.47. The molecule has 126 valence electrons. The van der Waals surface area contributed by atoms with Crippen molar-refractivity contribution in [1.29, 1.82) is 0 Å². The van der Waals surface area contributed by atoms with Gasteiger partial charge in [-0.25, -0.2) is 4.98 Å². The van der Waals surface area contributed by atoms with E-state index in [1.54, 1.807) is 32.5 Å². The molecule has 24 heavy (non-hydrogen) atoms. The standard InChI is InChI=1S/C18H21N3O3/c1-19-16-9-14(6-7-20-16)18(22)21-10-12-8-13-4-3-5-15(23-2)17(13)24-11-12/h3-7,9,12H,8,10-11H2,1-2H3,(H,19,20)(H,21,22). The van der Waals surface area contributed by atoms with E-state index in [4.69, 9.17) is 9.47 Å². The van der Waals surface area contributed by atoms with Gasteiger partial charge in [-0.1, -0.05) is 12.1 Å². The van der Waals surface area contributed by atoms with Gasteiger partial charge in [0.05, 0.1) is 13.7 Å². The van der Waals surface area contributed by atoms with Crippen molar-refractivity contribution in [3.05, 3.63) is 47.7 Å². The van der Waals surface area contributed by atoms with Gasteiger partial charge in [0, 0.05) is 31.3 Å². The van der Waals surface area contributed by atoms with Crippen LogP contribution in [-0.4, -0.2) is 38.2 Å². The molecule has 0 aliphatic carbocycles. The van der Waals surface area contributed by atoms with E-state index in [1.165, 1.54) is 0 Å². The van der Waals surface area contributed by atoms with Crippen LogP contribution in [0, 0.1) is 5.92 Å². The summed E-state index contributed by atoms with van der Waals surface area (Å²) in [6, 6.07) is 9.32. The molecule has 0 saturated heterocycles. The number of rotatable bonds is 5. The molecular weight excluding hydrogens is 306 g/mol. The van der Waals surface area contributed by atoms with Crippen LogP contribution >= 0.6 is 0 Å². The van der Waals surface area contributed by atoms with Gasteiger partial charge in [0.25, 0.3) is 5.91 Å². The van der Waals surface area contributed by atoms with Gasteiger partial charge >= 0.3 is 0 Å². The van der Waals surface area contributed by atoms with Crippen LogP contribution < -0.4 is 20.1 Å². The van der Waals surface area contributed by atoms with Crippen molar-refractivity contribution in [1.82, 2.24) is 10.3 Å². The third-order valence-electron chi connectivity index (χ3n) is 4.08. The fraction of sp³-hybridized carbons (Fsp3) is 0.333. The molecule has 2 N–H and O–H groups in total. The van der Waals surface area contributed by atoms with Crippen LogP contribution in [0.1, 0.15) is 15.9 Å². The first kappa shape index (κ1) is 16.1. The molecule has 1 aromatic heterocycles. The number of hydrogen-bond donors (Lipinski definition) is 2. The lowest BCUT2D eigenvalue weighted by molar-refractivity contribution is 0.0938. The SMILES string of the molecule is CNc1cc(C(=O)NCC2COc3c(cccc3OC)C2)ccn1. The van der Waals surface area contributed by atoms with Crippen molar-refractivity contribution in [2.24, 2.45) is 5.92 Å². The molecule has 2 heterocycles. The van der Waals surface area contributed by atoms with Crippen LogP contribution in [-0.2, 0) is 6.42 Å². The summed E-state index contributed by atoms with van der Waals surface area (Å²) in [5.74, 6) is 2.37. The number of carbonyl (C=O) groups excluding carboxylic acids is 1. The molecule has 6 nitrogen and oxygen atoms in total. The normalized spacial score (nSPS) is 15.8. The molecule has 0 fully saturated rings. The maximum absolute atomic E-state index is 12.3. The summed E-state index contributed by atoms with van der Waals surface area (Å²) in [7, 11) is 3.41. The number of benzene rings is 1. The molecule has 1 unspecified atom stereocenters. The second-order valence-corrected chi connectivity index (χ2v) is 5.72. The van der Waals surface area contributed by atoms with Crippen molar-refractivity contribution in [2.45, 2.75) is 6.42 Å². The molecule has 6 heteroatoms. The maximum atomic E-state index is 12.3. The monoisotopic (exact) mass is 327 g/mol. The number of nitrogens with one attached hydrogen (secondary N) is 2. The molecule has 2 aromatic rings. The quantitative estimate of drug-likeness (QED) is 0.880. The lowest BCUT2D eigenvalue weighted by atomic mass is 9.96. The highest BCUT2D eigenvalue weighted by atomic mass is 16.5. The number of pyridine rings is 1. The molecule has 0 bridgehead atoms. The van der Waals surface area contributed by atoms with Crippen molar-refractivity contribution in [3.8, 4) is 11.5 Å². The Morgan fingerprint density at radius 2 is 2.29 bits per heavy atom. The van der Waals surface area contributed by atoms with Gasteiger partial charge in [-0.05, 0) is 30.2 Å². The summed E-state index contributed by atoms with van der Waals surface area (Å²) in [6.45, 7) is 1.12. The summed E-state index contributed by atoms with van der Waals surface area (Å²) in [5, 5.41) is 5.90. The lowest BCUT2D eigenvalue weighted by Gasteiger charge is -2.26. The zero-order valence-corrected chi connectivity index (χ0v) is 13.8. The Morgan fingerprint density at radius 1 is 1.42 bits per heavy atom. The zero-order chi connectivity index (χ0) is 16.9. The van der Waals surface area contributed by atoms with E-state index in [2.05, 4.69) is 15.6 Å². The number of fused-ring (bicyclic) bond motifs is 1. The second kappa shape index (κ2) is 7.21. The fourth-order valence-corrected chi connectivity index (χ4v) is 2.80. The highest BCUT2D eigenvalue weighted by Gasteiger charge is 2.23. The van der Waals surface area contributed by atoms with Gasteiger partial charge in [-0.2, -0.15) is 0 Å². The van der Waals surface area contributed by atoms with Crippen LogP contribution in [0.3, 0.4) is 0 Å². The Kier molecular flexibility index (Phi) is 4.84. The number of para-hydroxylation sites is 1. The highest BCUT2D eigenvalue weighted by Crippen LogP contribution is 2.35. The van der Waals surface area contributed by atoms with E-state index in [-0.39, 0.29) is 11.8 Å². The largest absolute Gasteiger partial charge is 0.493 e. The van der Waals surface area contributed by atoms with Gasteiger partial charge in [0.1, 0.15) is 5.82 Å². The lowest BCUT2D eigenvalue weighted by Crippen LogP contribution is -2.34. The predicted molar refractivity (Wildman–Crippen MR) is 91.8 cm³/mol. The van der Waals surface area contributed by atoms with Crippen molar-refractivity contribution in [3.63, 3.8) is 0 Å². The number of aromatic nitrogens is 1. The van der Waals surface area contributed by atoms with Gasteiger partial charge in [-0.3, -0.25) is 4.79 Å². The summed E-state index contributed by atoms with van der Waals surface area (Å²) in [5.41, 5.74) is 1.70. The van der Waals surface area contributed by atoms with E-state index >= 15 is 0 Å². The Bertz CT molecular complexity index is 733. The number of methoxy groups -OCH3 is 1. The van der Waals surface area contributed by atoms with Gasteiger partial charge in [0.2, 0.25) is 0 Å². The van der Waals surface area contributed by atoms with Crippen LogP contribution in [0.4, 0.5) is 5.82 Å². The number of amides is 1. The predicted octanol–water partition coefficient (Wildman–Crippen LogP) is 2.11. The van der Waals surface area contributed by atoms with Gasteiger partial charge in [-0.15, -0.1) is 0 Å². The average Bonchev–Trinajstić information content (AvgIpc) is 2.65. The Balaban J connectivity index is 1.60. The molecular formula is C18H21N3O3. The summed E-state index contributed by atoms with van der Waals surface area (Å²) >= 11 is 0. The van der Waals surface area contributed by atoms with Crippen LogP contribution in [0.25, 0.3) is 0 Å². The van der Waals surface area contributed by atoms with Crippen LogP contribution in [0.5, 0.6) is 11.5 Å². The minimum Gasteiger partial charge on any atom is -0.493 e. The Morgan fingerprint density at radius 3 is 3.08 bits per heavy atom. The van der Waals surface area contributed by atoms with Gasteiger partial charge in [0.15, 0.2) is 11.5 Å². The molecule has 1 aliphatic heterocycles. The Labute approximate surface area is 141 Å². The number of anilines is 1. The summed E-state index contributed by atoms with van der Waals surface area (Å²) in [4.78, 5) is 16.4. The first-order valence-corrected chi connectivity index (χ1v) is 7.92. The van der Waals surface area contributed by atoms with E-state index in [9.17, 15) is 4.79 Å². The topological polar surface area (TPSA) is 72.5 Å². The van der Waals surface area contributed by atoms with Crippen LogP contribution in [0.2, 0.25) is 0 Å². The zero-order valence-electron chi connectivity index (χ0n) is 13.8. The molecule has 1 aliphatic rings. The van der Waals surface area contributed by atoms with E-state index in [0.717, 1.165) is 23.5 Å². The van der Waals surface area contributed by atoms with Crippen molar-refractivity contribution >= 4 is 11.7 Å². The van der Waals surface area contributed by atoms with E-state index < -0.39 is 0 Å². The third kappa shape index (κ3) is 3.42. The molecule has 0 saturated carbocycles. The molecule has 1 atom stereocenters. The minimum atomic E-state index is -0.106. The number of ether oxygens (including phenoxy) is 2. The third-order valence-corrected chi connectivity index (χ3v) is 4.08. The number of hydrogen-bond acceptors (Lipinski definition) is 5. The fourth-order valence-electron chi connectivity index (χ4n) is 2.80. The number of nitrogens with zero attached hydrogens (tertiary/aromatic N) is 1. The maximum Gasteiger partial charge on any atom is 0.251 e. The molecule has 0 radical (unpaired) electrons. The van der Waals surface area contributed by atoms with E-state index in [1.807, 2.05) is 18.2 Å². The Hall–Kier alpha value is -2.76. The molecule has 1 aromatic carbocycles. The smallest absolute Gasteiger partial charge is 0.251 e. The summed E-state index contributed by atoms with van der Waals surface area (Å²) < 4.78 is 11.2. The first-order valence-electron chi connectivity index (χ1n) is 7.92. The highest BCUT2D eigenvalue weighted by molar-refractivity contribution is 5.94. The molecule has 0 spiro atoms. The van der Waals surface area contributed by atoms with Crippen LogP contribution in [0.15, 0.2) is 36.5 Å². The van der Waals surface area contributed by atoms with Crippen molar-refractivity contribution in [2.75, 3.05) is 32.6 Å². The average molecular weight is 327 g/mol. The minimum absolute atomic E-state index is 0.106. The second-order valence-electron chi connectivity index (χ2n) is 5.72. The van der Waals surface area contributed by atoms with Crippen molar-refractivity contribution < 1.29 is 14.3 Å². The number of carbonyl (C=O) groups is 1. The van der Waals surface area contributed by atoms with E-state index in [0.29, 0.717) is 24.5 Å².